The summed E-state index contributed by atoms with van der Waals surface area (Å²) in [6.07, 6.45) is -4.69. The topological polar surface area (TPSA) is 125 Å². The molecule has 4 N–H and O–H groups in total. The van der Waals surface area contributed by atoms with Crippen LogP contribution in [0.4, 0.5) is 0 Å². The predicted molar refractivity (Wildman–Crippen MR) is 69.8 cm³/mol. The van der Waals surface area contributed by atoms with Crippen LogP contribution in [0.2, 0.25) is 0 Å². The second-order valence-corrected chi connectivity index (χ2v) is 5.47. The Balaban J connectivity index is 2.65. The molecular formula is C11H19NO7S. The van der Waals surface area contributed by atoms with Crippen LogP contribution in [0, 0.1) is 0 Å². The number of carbonyl (C=O) groups excluding carboxylic acids is 2. The van der Waals surface area contributed by atoms with Gasteiger partial charge in [0, 0.05) is 14.0 Å². The molecule has 9 heteroatoms. The number of hydrogen-bond donors (Lipinski definition) is 4. The summed E-state index contributed by atoms with van der Waals surface area (Å²) < 4.78 is 10.2. The van der Waals surface area contributed by atoms with E-state index >= 15 is 0 Å². The molecule has 1 rings (SSSR count). The first-order chi connectivity index (χ1) is 9.40. The molecule has 0 saturated carbocycles. The van der Waals surface area contributed by atoms with Crippen LogP contribution in [-0.4, -0.2) is 76.5 Å². The van der Waals surface area contributed by atoms with Crippen LogP contribution in [0.25, 0.3) is 0 Å². The quantitative estimate of drug-likeness (QED) is 0.452. The molecule has 5 atom stereocenters. The number of ether oxygens (including phenoxy) is 2. The third kappa shape index (κ3) is 4.40. The molecule has 1 aliphatic heterocycles. The molecule has 0 aromatic carbocycles. The monoisotopic (exact) mass is 309 g/mol. The van der Waals surface area contributed by atoms with E-state index in [4.69, 9.17) is 14.6 Å². The van der Waals surface area contributed by atoms with E-state index in [2.05, 4.69) is 5.32 Å². The van der Waals surface area contributed by atoms with E-state index in [-0.39, 0.29) is 10.9 Å². The smallest absolute Gasteiger partial charge is 0.230 e. The SMILES string of the molecule is CO[C@@H]1O[C@H](CO)[C@@H](O)[C@H](O)[C@H]1NC(=O)CSC(C)=O. The highest BCUT2D eigenvalue weighted by molar-refractivity contribution is 8.14. The summed E-state index contributed by atoms with van der Waals surface area (Å²) in [5, 5.41) is 31.0. The van der Waals surface area contributed by atoms with Crippen LogP contribution in [0.1, 0.15) is 6.92 Å². The highest BCUT2D eigenvalue weighted by Gasteiger charge is 2.45. The van der Waals surface area contributed by atoms with Gasteiger partial charge < -0.3 is 30.1 Å². The lowest BCUT2D eigenvalue weighted by atomic mass is 9.97. The summed E-state index contributed by atoms with van der Waals surface area (Å²) in [5.41, 5.74) is 0. The first-order valence-corrected chi connectivity index (χ1v) is 6.97. The fourth-order valence-corrected chi connectivity index (χ4v) is 2.25. The Labute approximate surface area is 120 Å². The number of aliphatic hydroxyl groups excluding tert-OH is 3. The van der Waals surface area contributed by atoms with Gasteiger partial charge in [-0.05, 0) is 0 Å². The van der Waals surface area contributed by atoms with E-state index in [1.807, 2.05) is 0 Å². The third-order valence-electron chi connectivity index (χ3n) is 2.85. The van der Waals surface area contributed by atoms with Gasteiger partial charge in [0.25, 0.3) is 0 Å². The number of methoxy groups -OCH3 is 1. The second-order valence-electron chi connectivity index (χ2n) is 4.32. The maximum absolute atomic E-state index is 11.6. The fraction of sp³-hybridized carbons (Fsp3) is 0.818. The number of rotatable bonds is 5. The molecule has 20 heavy (non-hydrogen) atoms. The maximum atomic E-state index is 11.6. The predicted octanol–water partition coefficient (Wildman–Crippen LogP) is -2.16. The van der Waals surface area contributed by atoms with Crippen molar-refractivity contribution in [3.05, 3.63) is 0 Å². The van der Waals surface area contributed by atoms with Crippen molar-refractivity contribution < 1.29 is 34.4 Å². The van der Waals surface area contributed by atoms with E-state index < -0.39 is 43.2 Å². The van der Waals surface area contributed by atoms with Gasteiger partial charge >= 0.3 is 0 Å². The van der Waals surface area contributed by atoms with Crippen molar-refractivity contribution in [1.82, 2.24) is 5.32 Å². The average Bonchev–Trinajstić information content (AvgIpc) is 2.42. The molecule has 0 unspecified atom stereocenters. The number of amides is 1. The fourth-order valence-electron chi connectivity index (χ4n) is 1.83. The average molecular weight is 309 g/mol. The molecule has 1 aliphatic rings. The van der Waals surface area contributed by atoms with Crippen molar-refractivity contribution in [2.75, 3.05) is 19.5 Å². The minimum atomic E-state index is -1.35. The van der Waals surface area contributed by atoms with Gasteiger partial charge in [-0.2, -0.15) is 0 Å². The minimum absolute atomic E-state index is 0.103. The van der Waals surface area contributed by atoms with E-state index in [0.29, 0.717) is 0 Å². The van der Waals surface area contributed by atoms with Crippen molar-refractivity contribution in [2.45, 2.75) is 37.6 Å². The van der Waals surface area contributed by atoms with Gasteiger partial charge in [0.1, 0.15) is 24.4 Å². The second kappa shape index (κ2) is 7.91. The Morgan fingerprint density at radius 2 is 2.00 bits per heavy atom. The summed E-state index contributed by atoms with van der Waals surface area (Å²) in [5.74, 6) is -0.594. The lowest BCUT2D eigenvalue weighted by Crippen LogP contribution is -2.64. The molecule has 0 aromatic heterocycles. The Morgan fingerprint density at radius 3 is 2.50 bits per heavy atom. The summed E-state index contributed by atoms with van der Waals surface area (Å²) in [6, 6.07) is -0.988. The molecule has 116 valence electrons. The third-order valence-corrected chi connectivity index (χ3v) is 3.66. The van der Waals surface area contributed by atoms with E-state index in [0.717, 1.165) is 11.8 Å². The zero-order valence-corrected chi connectivity index (χ0v) is 12.0. The van der Waals surface area contributed by atoms with Crippen LogP contribution in [0.3, 0.4) is 0 Å². The molecule has 1 saturated heterocycles. The van der Waals surface area contributed by atoms with Crippen molar-refractivity contribution in [2.24, 2.45) is 0 Å². The zero-order valence-electron chi connectivity index (χ0n) is 11.2. The molecule has 0 aromatic rings. The first kappa shape index (κ1) is 17.3. The lowest BCUT2D eigenvalue weighted by Gasteiger charge is -2.41. The number of carbonyl (C=O) groups is 2. The van der Waals surface area contributed by atoms with Crippen molar-refractivity contribution >= 4 is 22.8 Å². The Hall–Kier alpha value is -0.710. The normalized spacial score (nSPS) is 33.8. The molecule has 1 amide bonds. The molecule has 0 spiro atoms. The minimum Gasteiger partial charge on any atom is -0.394 e. The molecule has 1 heterocycles. The van der Waals surface area contributed by atoms with Crippen LogP contribution in [0.15, 0.2) is 0 Å². The van der Waals surface area contributed by atoms with Crippen LogP contribution >= 0.6 is 11.8 Å². The van der Waals surface area contributed by atoms with Crippen LogP contribution in [-0.2, 0) is 19.1 Å². The van der Waals surface area contributed by atoms with Gasteiger partial charge in [0.05, 0.1) is 12.4 Å². The van der Waals surface area contributed by atoms with Crippen molar-refractivity contribution in [1.29, 1.82) is 0 Å². The van der Waals surface area contributed by atoms with Gasteiger partial charge in [0.15, 0.2) is 11.4 Å². The molecule has 0 radical (unpaired) electrons. The molecular weight excluding hydrogens is 290 g/mol. The van der Waals surface area contributed by atoms with Gasteiger partial charge in [-0.1, -0.05) is 11.8 Å². The van der Waals surface area contributed by atoms with Gasteiger partial charge in [-0.15, -0.1) is 0 Å². The van der Waals surface area contributed by atoms with E-state index in [1.54, 1.807) is 0 Å². The summed E-state index contributed by atoms with van der Waals surface area (Å²) in [4.78, 5) is 22.4. The Morgan fingerprint density at radius 1 is 1.35 bits per heavy atom. The highest BCUT2D eigenvalue weighted by atomic mass is 32.2. The summed E-state index contributed by atoms with van der Waals surface area (Å²) in [6.45, 7) is 0.850. The molecule has 8 nitrogen and oxygen atoms in total. The summed E-state index contributed by atoms with van der Waals surface area (Å²) in [7, 11) is 1.31. The maximum Gasteiger partial charge on any atom is 0.230 e. The van der Waals surface area contributed by atoms with E-state index in [1.165, 1.54) is 14.0 Å². The number of thioether (sulfide) groups is 1. The molecule has 0 bridgehead atoms. The summed E-state index contributed by atoms with van der Waals surface area (Å²) >= 11 is 0.827. The zero-order chi connectivity index (χ0) is 15.3. The van der Waals surface area contributed by atoms with Crippen molar-refractivity contribution in [3.8, 4) is 0 Å². The number of aliphatic hydroxyl groups is 3. The van der Waals surface area contributed by atoms with Gasteiger partial charge in [-0.25, -0.2) is 0 Å². The molecule has 0 aliphatic carbocycles. The Bertz CT molecular complexity index is 352. The first-order valence-electron chi connectivity index (χ1n) is 5.98. The van der Waals surface area contributed by atoms with Crippen LogP contribution in [0.5, 0.6) is 0 Å². The van der Waals surface area contributed by atoms with Crippen LogP contribution < -0.4 is 5.32 Å². The Kier molecular flexibility index (Phi) is 6.86. The molecule has 1 fully saturated rings. The van der Waals surface area contributed by atoms with Gasteiger partial charge in [0.2, 0.25) is 5.91 Å². The largest absolute Gasteiger partial charge is 0.394 e. The lowest BCUT2D eigenvalue weighted by molar-refractivity contribution is -0.262. The standard InChI is InChI=1S/C11H19NO7S/c1-5(14)20-4-7(15)12-8-10(17)9(16)6(3-13)19-11(8)18-2/h6,8-11,13,16-17H,3-4H2,1-2H3,(H,12,15)/t6-,8-,9-,10-,11-/m1/s1. The number of nitrogens with one attached hydrogen (secondary N) is 1. The van der Waals surface area contributed by atoms with Crippen molar-refractivity contribution in [3.63, 3.8) is 0 Å². The van der Waals surface area contributed by atoms with Gasteiger partial charge in [-0.3, -0.25) is 9.59 Å². The van der Waals surface area contributed by atoms with E-state index in [9.17, 15) is 19.8 Å². The number of hydrogen-bond acceptors (Lipinski definition) is 8. The highest BCUT2D eigenvalue weighted by Crippen LogP contribution is 2.21.